The van der Waals surface area contributed by atoms with Gasteiger partial charge in [0.15, 0.2) is 0 Å². The maximum atomic E-state index is 12.0. The van der Waals surface area contributed by atoms with E-state index >= 15 is 0 Å². The Morgan fingerprint density at radius 1 is 1.44 bits per heavy atom. The summed E-state index contributed by atoms with van der Waals surface area (Å²) in [5.74, 6) is -0.143. The number of anilines is 2. The molecule has 2 rings (SSSR count). The fourth-order valence-corrected chi connectivity index (χ4v) is 1.61. The number of benzene rings is 1. The van der Waals surface area contributed by atoms with Crippen molar-refractivity contribution in [3.8, 4) is 0 Å². The molecule has 1 aromatic heterocycles. The molecule has 0 saturated heterocycles. The van der Waals surface area contributed by atoms with Crippen molar-refractivity contribution in [2.45, 2.75) is 19.9 Å². The fourth-order valence-electron chi connectivity index (χ4n) is 1.61. The summed E-state index contributed by atoms with van der Waals surface area (Å²) < 4.78 is 1.63. The first-order valence-corrected chi connectivity index (χ1v) is 5.74. The van der Waals surface area contributed by atoms with Gasteiger partial charge in [-0.15, -0.1) is 0 Å². The van der Waals surface area contributed by atoms with Gasteiger partial charge in [-0.2, -0.15) is 5.10 Å². The van der Waals surface area contributed by atoms with E-state index in [1.807, 2.05) is 25.3 Å². The van der Waals surface area contributed by atoms with E-state index < -0.39 is 0 Å². The molecule has 0 aliphatic rings. The van der Waals surface area contributed by atoms with Gasteiger partial charge in [0.05, 0.1) is 17.6 Å². The fraction of sp³-hybridized carbons (Fsp3) is 0.231. The van der Waals surface area contributed by atoms with E-state index in [0.717, 1.165) is 5.56 Å². The van der Waals surface area contributed by atoms with E-state index in [0.29, 0.717) is 11.4 Å². The molecule has 1 amide bonds. The van der Waals surface area contributed by atoms with E-state index in [2.05, 4.69) is 10.4 Å². The molecule has 0 saturated carbocycles. The molecule has 1 heterocycles. The smallest absolute Gasteiger partial charge is 0.249 e. The Balaban J connectivity index is 2.11. The second-order valence-corrected chi connectivity index (χ2v) is 4.25. The zero-order valence-corrected chi connectivity index (χ0v) is 10.4. The van der Waals surface area contributed by atoms with Crippen LogP contribution in [-0.4, -0.2) is 15.7 Å². The molecule has 3 N–H and O–H groups in total. The predicted molar refractivity (Wildman–Crippen MR) is 71.2 cm³/mol. The standard InChI is InChI=1S/C13H16N4O/c1-9-7-15-17(8-9)10(2)13(18)16-12-6-4-3-5-11(12)14/h3-8,10H,14H2,1-2H3,(H,16,18). The average molecular weight is 244 g/mol. The molecule has 0 bridgehead atoms. The Labute approximate surface area is 106 Å². The van der Waals surface area contributed by atoms with Crippen LogP contribution in [0.1, 0.15) is 18.5 Å². The van der Waals surface area contributed by atoms with Gasteiger partial charge in [-0.3, -0.25) is 9.48 Å². The minimum Gasteiger partial charge on any atom is -0.397 e. The van der Waals surface area contributed by atoms with Crippen LogP contribution >= 0.6 is 0 Å². The quantitative estimate of drug-likeness (QED) is 0.811. The minimum atomic E-state index is -0.377. The second-order valence-electron chi connectivity index (χ2n) is 4.25. The third-order valence-electron chi connectivity index (χ3n) is 2.73. The number of para-hydroxylation sites is 2. The van der Waals surface area contributed by atoms with E-state index in [9.17, 15) is 4.79 Å². The number of hydrogen-bond acceptors (Lipinski definition) is 3. The third kappa shape index (κ3) is 2.51. The lowest BCUT2D eigenvalue weighted by atomic mass is 10.2. The highest BCUT2D eigenvalue weighted by atomic mass is 16.2. The zero-order valence-electron chi connectivity index (χ0n) is 10.4. The van der Waals surface area contributed by atoms with Crippen LogP contribution in [0.2, 0.25) is 0 Å². The Morgan fingerprint density at radius 3 is 2.78 bits per heavy atom. The van der Waals surface area contributed by atoms with Crippen molar-refractivity contribution in [3.05, 3.63) is 42.2 Å². The van der Waals surface area contributed by atoms with Crippen LogP contribution in [0.4, 0.5) is 11.4 Å². The first-order valence-electron chi connectivity index (χ1n) is 5.74. The summed E-state index contributed by atoms with van der Waals surface area (Å²) in [6.45, 7) is 3.73. The summed E-state index contributed by atoms with van der Waals surface area (Å²) in [6.07, 6.45) is 3.55. The number of nitrogens with two attached hydrogens (primary N) is 1. The number of amides is 1. The number of aromatic nitrogens is 2. The maximum Gasteiger partial charge on any atom is 0.249 e. The lowest BCUT2D eigenvalue weighted by Crippen LogP contribution is -2.24. The maximum absolute atomic E-state index is 12.0. The van der Waals surface area contributed by atoms with Gasteiger partial charge >= 0.3 is 0 Å². The van der Waals surface area contributed by atoms with Gasteiger partial charge in [0.1, 0.15) is 6.04 Å². The van der Waals surface area contributed by atoms with Gasteiger partial charge < -0.3 is 11.1 Å². The highest BCUT2D eigenvalue weighted by molar-refractivity contribution is 5.96. The van der Waals surface area contributed by atoms with E-state index in [1.165, 1.54) is 0 Å². The molecule has 0 aliphatic heterocycles. The van der Waals surface area contributed by atoms with Crippen LogP contribution in [0, 0.1) is 6.92 Å². The molecule has 1 aromatic carbocycles. The van der Waals surface area contributed by atoms with Crippen LogP contribution in [0.25, 0.3) is 0 Å². The van der Waals surface area contributed by atoms with Crippen molar-refractivity contribution >= 4 is 17.3 Å². The first-order chi connectivity index (χ1) is 8.58. The summed E-state index contributed by atoms with van der Waals surface area (Å²) in [6, 6.07) is 6.80. The molecular formula is C13H16N4O. The van der Waals surface area contributed by atoms with Crippen molar-refractivity contribution in [2.75, 3.05) is 11.1 Å². The lowest BCUT2D eigenvalue weighted by Gasteiger charge is -2.13. The monoisotopic (exact) mass is 244 g/mol. The van der Waals surface area contributed by atoms with Crippen LogP contribution in [0.5, 0.6) is 0 Å². The third-order valence-corrected chi connectivity index (χ3v) is 2.73. The molecule has 0 aliphatic carbocycles. The first kappa shape index (κ1) is 12.2. The summed E-state index contributed by atoms with van der Waals surface area (Å²) in [4.78, 5) is 12.0. The minimum absolute atomic E-state index is 0.143. The van der Waals surface area contributed by atoms with Crippen LogP contribution < -0.4 is 11.1 Å². The zero-order chi connectivity index (χ0) is 13.1. The van der Waals surface area contributed by atoms with Crippen molar-refractivity contribution in [2.24, 2.45) is 0 Å². The highest BCUT2D eigenvalue weighted by Crippen LogP contribution is 2.18. The topological polar surface area (TPSA) is 72.9 Å². The number of nitrogen functional groups attached to an aromatic ring is 1. The van der Waals surface area contributed by atoms with E-state index in [4.69, 9.17) is 5.73 Å². The molecule has 0 fully saturated rings. The molecule has 5 nitrogen and oxygen atoms in total. The van der Waals surface area contributed by atoms with Gasteiger partial charge in [-0.25, -0.2) is 0 Å². The SMILES string of the molecule is Cc1cnn(C(C)C(=O)Nc2ccccc2N)c1. The molecule has 0 radical (unpaired) electrons. The lowest BCUT2D eigenvalue weighted by molar-refractivity contribution is -0.119. The summed E-state index contributed by atoms with van der Waals surface area (Å²) in [5.41, 5.74) is 7.97. The number of rotatable bonds is 3. The van der Waals surface area contributed by atoms with E-state index in [1.54, 1.807) is 29.9 Å². The summed E-state index contributed by atoms with van der Waals surface area (Å²) in [5, 5.41) is 6.92. The molecule has 2 aromatic rings. The van der Waals surface area contributed by atoms with Gasteiger partial charge in [-0.05, 0) is 31.5 Å². The van der Waals surface area contributed by atoms with Gasteiger partial charge in [0.2, 0.25) is 5.91 Å². The van der Waals surface area contributed by atoms with Crippen molar-refractivity contribution in [3.63, 3.8) is 0 Å². The van der Waals surface area contributed by atoms with Crippen molar-refractivity contribution in [1.82, 2.24) is 9.78 Å². The molecule has 5 heteroatoms. The largest absolute Gasteiger partial charge is 0.397 e. The Morgan fingerprint density at radius 2 is 2.17 bits per heavy atom. The highest BCUT2D eigenvalue weighted by Gasteiger charge is 2.16. The molecule has 1 unspecified atom stereocenters. The molecule has 1 atom stereocenters. The molecule has 18 heavy (non-hydrogen) atoms. The predicted octanol–water partition coefficient (Wildman–Crippen LogP) is 1.97. The number of nitrogens with one attached hydrogen (secondary N) is 1. The normalized spacial score (nSPS) is 12.1. The van der Waals surface area contributed by atoms with E-state index in [-0.39, 0.29) is 11.9 Å². The Hall–Kier alpha value is -2.30. The summed E-state index contributed by atoms with van der Waals surface area (Å²) in [7, 11) is 0. The van der Waals surface area contributed by atoms with Crippen molar-refractivity contribution < 1.29 is 4.79 Å². The molecule has 0 spiro atoms. The van der Waals surface area contributed by atoms with Gasteiger partial charge in [-0.1, -0.05) is 12.1 Å². The number of carbonyl (C=O) groups excluding carboxylic acids is 1. The summed E-state index contributed by atoms with van der Waals surface area (Å²) >= 11 is 0. The van der Waals surface area contributed by atoms with Crippen molar-refractivity contribution in [1.29, 1.82) is 0 Å². The molecule has 94 valence electrons. The number of nitrogens with zero attached hydrogens (tertiary/aromatic N) is 2. The second kappa shape index (κ2) is 4.91. The molecular weight excluding hydrogens is 228 g/mol. The Kier molecular flexibility index (Phi) is 3.32. The number of hydrogen-bond donors (Lipinski definition) is 2. The van der Waals surface area contributed by atoms with Crippen LogP contribution in [0.15, 0.2) is 36.7 Å². The van der Waals surface area contributed by atoms with Gasteiger partial charge in [0, 0.05) is 6.20 Å². The average Bonchev–Trinajstić information content (AvgIpc) is 2.78. The Bertz CT molecular complexity index is 562. The van der Waals surface area contributed by atoms with Crippen LogP contribution in [-0.2, 0) is 4.79 Å². The van der Waals surface area contributed by atoms with Gasteiger partial charge in [0.25, 0.3) is 0 Å². The number of carbonyl (C=O) groups is 1. The number of aryl methyl sites for hydroxylation is 1. The van der Waals surface area contributed by atoms with Crippen LogP contribution in [0.3, 0.4) is 0 Å².